The van der Waals surface area contributed by atoms with Crippen LogP contribution in [0.15, 0.2) is 0 Å². The molecule has 4 heteroatoms. The summed E-state index contributed by atoms with van der Waals surface area (Å²) in [6.45, 7) is 0.755. The molecular formula is C6H9NO2S. The van der Waals surface area contributed by atoms with Crippen LogP contribution >= 0.6 is 11.8 Å². The minimum atomic E-state index is -0.743. The van der Waals surface area contributed by atoms with Crippen molar-refractivity contribution >= 4 is 17.9 Å². The summed E-state index contributed by atoms with van der Waals surface area (Å²) in [5, 5.41) is 9.25. The summed E-state index contributed by atoms with van der Waals surface area (Å²) in [6, 6.07) is 0.326. The highest BCUT2D eigenvalue weighted by Gasteiger charge is 2.40. The van der Waals surface area contributed by atoms with Gasteiger partial charge in [-0.25, -0.2) is 4.79 Å². The van der Waals surface area contributed by atoms with E-state index in [1.165, 1.54) is 0 Å². The van der Waals surface area contributed by atoms with Crippen molar-refractivity contribution in [3.05, 3.63) is 0 Å². The Morgan fingerprint density at radius 2 is 2.50 bits per heavy atom. The lowest BCUT2D eigenvalue weighted by atomic mass is 10.2. The number of fused-ring (bicyclic) bond motifs is 2. The van der Waals surface area contributed by atoms with E-state index in [1.54, 1.807) is 4.90 Å². The molecule has 2 rings (SSSR count). The van der Waals surface area contributed by atoms with E-state index in [-0.39, 0.29) is 0 Å². The predicted octanol–water partition coefficient (Wildman–Crippen LogP) is 0.854. The van der Waals surface area contributed by atoms with Crippen molar-refractivity contribution in [1.29, 1.82) is 0 Å². The number of hydrogen-bond acceptors (Lipinski definition) is 2. The van der Waals surface area contributed by atoms with Crippen LogP contribution in [-0.2, 0) is 0 Å². The van der Waals surface area contributed by atoms with Gasteiger partial charge in [0.15, 0.2) is 0 Å². The summed E-state index contributed by atoms with van der Waals surface area (Å²) in [5.74, 6) is 1.01. The maximum Gasteiger partial charge on any atom is 0.407 e. The van der Waals surface area contributed by atoms with Gasteiger partial charge < -0.3 is 10.0 Å². The van der Waals surface area contributed by atoms with Gasteiger partial charge in [0.2, 0.25) is 0 Å². The van der Waals surface area contributed by atoms with Crippen molar-refractivity contribution in [2.24, 2.45) is 0 Å². The quantitative estimate of drug-likeness (QED) is 0.569. The standard InChI is InChI=1S/C6H9NO2S/c8-6(9)7-2-5-1-4(7)3-10-5/h4-5H,1-3H2,(H,8,9)/t4-,5-/m0/s1. The van der Waals surface area contributed by atoms with Crippen molar-refractivity contribution in [2.75, 3.05) is 12.3 Å². The molecule has 0 aromatic rings. The summed E-state index contributed by atoms with van der Waals surface area (Å²) >= 11 is 1.91. The topological polar surface area (TPSA) is 40.5 Å². The van der Waals surface area contributed by atoms with Crippen LogP contribution in [0.1, 0.15) is 6.42 Å². The van der Waals surface area contributed by atoms with Crippen LogP contribution in [0.4, 0.5) is 4.79 Å². The molecule has 1 amide bonds. The molecule has 0 spiro atoms. The van der Waals surface area contributed by atoms with Gasteiger partial charge in [0.25, 0.3) is 0 Å². The molecule has 2 bridgehead atoms. The number of rotatable bonds is 0. The Bertz CT molecular complexity index is 173. The Morgan fingerprint density at radius 1 is 1.70 bits per heavy atom. The molecule has 3 nitrogen and oxygen atoms in total. The highest BCUT2D eigenvalue weighted by Crippen LogP contribution is 2.37. The first kappa shape index (κ1) is 6.34. The summed E-state index contributed by atoms with van der Waals surface area (Å²) in [6.07, 6.45) is 0.338. The summed E-state index contributed by atoms with van der Waals surface area (Å²) in [4.78, 5) is 12.1. The van der Waals surface area contributed by atoms with E-state index in [2.05, 4.69) is 0 Å². The van der Waals surface area contributed by atoms with Gasteiger partial charge in [-0.05, 0) is 6.42 Å². The lowest BCUT2D eigenvalue weighted by molar-refractivity contribution is 0.143. The first-order valence-electron chi connectivity index (χ1n) is 3.38. The Morgan fingerprint density at radius 3 is 2.80 bits per heavy atom. The van der Waals surface area contributed by atoms with Gasteiger partial charge in [0.05, 0.1) is 0 Å². The summed E-state index contributed by atoms with van der Waals surface area (Å²) < 4.78 is 0. The second-order valence-electron chi connectivity index (χ2n) is 2.78. The zero-order valence-electron chi connectivity index (χ0n) is 5.49. The molecule has 10 heavy (non-hydrogen) atoms. The fraction of sp³-hybridized carbons (Fsp3) is 0.833. The number of nitrogens with zero attached hydrogens (tertiary/aromatic N) is 1. The molecular weight excluding hydrogens is 150 g/mol. The van der Waals surface area contributed by atoms with Crippen LogP contribution in [0, 0.1) is 0 Å². The monoisotopic (exact) mass is 159 g/mol. The zero-order valence-corrected chi connectivity index (χ0v) is 6.30. The third-order valence-corrected chi connectivity index (χ3v) is 3.54. The number of likely N-dealkylation sites (tertiary alicyclic amines) is 1. The van der Waals surface area contributed by atoms with Crippen molar-refractivity contribution in [1.82, 2.24) is 4.90 Å². The minimum absolute atomic E-state index is 0.326. The molecule has 0 aromatic carbocycles. The molecule has 2 aliphatic heterocycles. The van der Waals surface area contributed by atoms with Gasteiger partial charge in [-0.3, -0.25) is 0 Å². The fourth-order valence-corrected chi connectivity index (χ4v) is 3.07. The van der Waals surface area contributed by atoms with Gasteiger partial charge >= 0.3 is 6.09 Å². The third-order valence-electron chi connectivity index (χ3n) is 2.15. The molecule has 2 atom stereocenters. The van der Waals surface area contributed by atoms with Gasteiger partial charge in [-0.1, -0.05) is 0 Å². The molecule has 0 radical (unpaired) electrons. The second kappa shape index (κ2) is 2.05. The molecule has 56 valence electrons. The van der Waals surface area contributed by atoms with Crippen LogP contribution in [0.25, 0.3) is 0 Å². The molecule has 2 saturated heterocycles. The van der Waals surface area contributed by atoms with Crippen LogP contribution in [0.5, 0.6) is 0 Å². The number of carbonyl (C=O) groups is 1. The molecule has 0 saturated carbocycles. The van der Waals surface area contributed by atoms with E-state index in [4.69, 9.17) is 5.11 Å². The highest BCUT2D eigenvalue weighted by molar-refractivity contribution is 8.00. The Kier molecular flexibility index (Phi) is 1.30. The number of amides is 1. The van der Waals surface area contributed by atoms with E-state index in [0.717, 1.165) is 18.7 Å². The SMILES string of the molecule is O=C(O)N1C[C@@H]2C[C@H]1CS2. The van der Waals surface area contributed by atoms with E-state index < -0.39 is 6.09 Å². The number of hydrogen-bond donors (Lipinski definition) is 1. The van der Waals surface area contributed by atoms with Crippen LogP contribution < -0.4 is 0 Å². The maximum absolute atomic E-state index is 10.5. The second-order valence-corrected chi connectivity index (χ2v) is 4.11. The first-order chi connectivity index (χ1) is 4.77. The Hall–Kier alpha value is -0.380. The summed E-state index contributed by atoms with van der Waals surface area (Å²) in [5.41, 5.74) is 0. The smallest absolute Gasteiger partial charge is 0.407 e. The molecule has 0 aliphatic carbocycles. The van der Waals surface area contributed by atoms with Gasteiger partial charge in [0, 0.05) is 23.6 Å². The largest absolute Gasteiger partial charge is 0.465 e. The van der Waals surface area contributed by atoms with E-state index in [0.29, 0.717) is 11.3 Å². The van der Waals surface area contributed by atoms with E-state index >= 15 is 0 Å². The predicted molar refractivity (Wildman–Crippen MR) is 39.4 cm³/mol. The van der Waals surface area contributed by atoms with Crippen LogP contribution in [0.3, 0.4) is 0 Å². The van der Waals surface area contributed by atoms with Crippen molar-refractivity contribution in [3.8, 4) is 0 Å². The first-order valence-corrected chi connectivity index (χ1v) is 4.43. The van der Waals surface area contributed by atoms with Crippen LogP contribution in [0.2, 0.25) is 0 Å². The van der Waals surface area contributed by atoms with E-state index in [9.17, 15) is 4.79 Å². The van der Waals surface area contributed by atoms with Gasteiger partial charge in [0.1, 0.15) is 0 Å². The maximum atomic E-state index is 10.5. The van der Waals surface area contributed by atoms with Gasteiger partial charge in [-0.15, -0.1) is 0 Å². The zero-order chi connectivity index (χ0) is 7.14. The fourth-order valence-electron chi connectivity index (χ4n) is 1.63. The average Bonchev–Trinajstić information content (AvgIpc) is 2.44. The molecule has 1 N–H and O–H groups in total. The molecule has 0 aromatic heterocycles. The minimum Gasteiger partial charge on any atom is -0.465 e. The normalized spacial score (nSPS) is 37.0. The number of carboxylic acid groups (broad SMARTS) is 1. The Balaban J connectivity index is 2.08. The van der Waals surface area contributed by atoms with Crippen molar-refractivity contribution < 1.29 is 9.90 Å². The van der Waals surface area contributed by atoms with Crippen LogP contribution in [-0.4, -0.2) is 39.7 Å². The Labute approximate surface area is 63.4 Å². The summed E-state index contributed by atoms with van der Waals surface area (Å²) in [7, 11) is 0. The average molecular weight is 159 g/mol. The third kappa shape index (κ3) is 0.785. The highest BCUT2D eigenvalue weighted by atomic mass is 32.2. The lowest BCUT2D eigenvalue weighted by Gasteiger charge is -2.22. The number of thioether (sulfide) groups is 1. The molecule has 2 fully saturated rings. The van der Waals surface area contributed by atoms with Crippen molar-refractivity contribution in [3.63, 3.8) is 0 Å². The van der Waals surface area contributed by atoms with Crippen molar-refractivity contribution in [2.45, 2.75) is 17.7 Å². The molecule has 0 unspecified atom stereocenters. The molecule has 2 aliphatic rings. The van der Waals surface area contributed by atoms with E-state index in [1.807, 2.05) is 11.8 Å². The van der Waals surface area contributed by atoms with Gasteiger partial charge in [-0.2, -0.15) is 11.8 Å². The lowest BCUT2D eigenvalue weighted by Crippen LogP contribution is -2.37. The molecule has 2 heterocycles.